The number of benzene rings is 2. The minimum absolute atomic E-state index is 0.219. The van der Waals surface area contributed by atoms with E-state index in [1.54, 1.807) is 0 Å². The molecular weight excluding hydrogens is 328 g/mol. The number of ketones is 1. The lowest BCUT2D eigenvalue weighted by molar-refractivity contribution is 0.0993. The van der Waals surface area contributed by atoms with E-state index in [0.29, 0.717) is 12.3 Å². The Morgan fingerprint density at radius 3 is 2.04 bits per heavy atom. The highest BCUT2D eigenvalue weighted by Crippen LogP contribution is 2.37. The van der Waals surface area contributed by atoms with E-state index in [4.69, 9.17) is 0 Å². The summed E-state index contributed by atoms with van der Waals surface area (Å²) in [4.78, 5) is 12.6. The Bertz CT molecular complexity index is 703. The van der Waals surface area contributed by atoms with Gasteiger partial charge >= 0.3 is 0 Å². The normalized spacial score (nSPS) is 19.8. The van der Waals surface area contributed by atoms with Crippen molar-refractivity contribution >= 4 is 5.78 Å². The summed E-state index contributed by atoms with van der Waals surface area (Å²) in [5, 5.41) is 0. The molecule has 1 nitrogen and oxygen atoms in total. The van der Waals surface area contributed by atoms with Gasteiger partial charge in [-0.1, -0.05) is 81.6 Å². The van der Waals surface area contributed by atoms with Crippen LogP contribution >= 0.6 is 0 Å². The minimum atomic E-state index is 0.219. The van der Waals surface area contributed by atoms with E-state index in [0.717, 1.165) is 29.9 Å². The van der Waals surface area contributed by atoms with Gasteiger partial charge in [-0.3, -0.25) is 4.79 Å². The Hall–Kier alpha value is -1.89. The van der Waals surface area contributed by atoms with E-state index in [1.165, 1.54) is 49.7 Å². The first-order valence-electron chi connectivity index (χ1n) is 10.9. The number of hydrogen-bond acceptors (Lipinski definition) is 1. The zero-order chi connectivity index (χ0) is 19.1. The molecule has 3 rings (SSSR count). The third-order valence-electron chi connectivity index (χ3n) is 6.17. The van der Waals surface area contributed by atoms with Crippen LogP contribution in [-0.2, 0) is 12.8 Å². The monoisotopic (exact) mass is 362 g/mol. The molecule has 0 spiro atoms. The fraction of sp³-hybridized carbons (Fsp3) is 0.500. The molecule has 0 atom stereocenters. The Morgan fingerprint density at radius 2 is 1.44 bits per heavy atom. The average molecular weight is 363 g/mol. The number of aryl methyl sites for hydroxylation is 1. The van der Waals surface area contributed by atoms with Crippen LogP contribution in [0.1, 0.15) is 91.8 Å². The fourth-order valence-electron chi connectivity index (χ4n) is 4.53. The van der Waals surface area contributed by atoms with Crippen LogP contribution in [0.2, 0.25) is 0 Å². The van der Waals surface area contributed by atoms with Crippen LogP contribution < -0.4 is 0 Å². The van der Waals surface area contributed by atoms with Crippen LogP contribution in [-0.4, -0.2) is 5.78 Å². The van der Waals surface area contributed by atoms with Crippen LogP contribution in [0.25, 0.3) is 0 Å². The molecule has 0 heterocycles. The second-order valence-corrected chi connectivity index (χ2v) is 8.29. The molecule has 27 heavy (non-hydrogen) atoms. The number of hydrogen-bond donors (Lipinski definition) is 0. The maximum absolute atomic E-state index is 12.6. The van der Waals surface area contributed by atoms with Gasteiger partial charge in [0.05, 0.1) is 0 Å². The highest BCUT2D eigenvalue weighted by Gasteiger charge is 2.21. The predicted molar refractivity (Wildman–Crippen MR) is 115 cm³/mol. The van der Waals surface area contributed by atoms with Crippen molar-refractivity contribution in [1.29, 1.82) is 0 Å². The zero-order valence-corrected chi connectivity index (χ0v) is 17.0. The van der Waals surface area contributed by atoms with E-state index in [9.17, 15) is 4.79 Å². The summed E-state index contributed by atoms with van der Waals surface area (Å²) in [6, 6.07) is 17.0. The molecule has 1 fully saturated rings. The standard InChI is InChI=1S/C26H34O/c1-3-5-20-7-9-22(10-8-20)19-26(27)25-17-15-24(16-18-25)23-13-11-21(6-4-2)12-14-23/h7-10,15-18,21,23H,3-6,11-14,19H2,1-2H3/t21-,23-. The van der Waals surface area contributed by atoms with Crippen LogP contribution in [0, 0.1) is 5.92 Å². The van der Waals surface area contributed by atoms with Gasteiger partial charge in [-0.25, -0.2) is 0 Å². The molecule has 0 radical (unpaired) electrons. The Kier molecular flexibility index (Phi) is 7.26. The molecule has 0 aromatic heterocycles. The molecule has 0 unspecified atom stereocenters. The molecule has 0 amide bonds. The van der Waals surface area contributed by atoms with Gasteiger partial charge in [-0.05, 0) is 60.6 Å². The van der Waals surface area contributed by atoms with Gasteiger partial charge in [0, 0.05) is 12.0 Å². The van der Waals surface area contributed by atoms with E-state index in [1.807, 2.05) is 12.1 Å². The van der Waals surface area contributed by atoms with E-state index >= 15 is 0 Å². The van der Waals surface area contributed by atoms with Crippen molar-refractivity contribution in [2.75, 3.05) is 0 Å². The summed E-state index contributed by atoms with van der Waals surface area (Å²) in [6.07, 6.45) is 10.8. The molecule has 2 aromatic rings. The number of Topliss-reactive ketones (excluding diaryl/α,β-unsaturated/α-hetero) is 1. The molecule has 0 bridgehead atoms. The van der Waals surface area contributed by atoms with Gasteiger partial charge in [-0.2, -0.15) is 0 Å². The van der Waals surface area contributed by atoms with Crippen LogP contribution in [0.15, 0.2) is 48.5 Å². The zero-order valence-electron chi connectivity index (χ0n) is 17.0. The van der Waals surface area contributed by atoms with E-state index < -0.39 is 0 Å². The lowest BCUT2D eigenvalue weighted by Gasteiger charge is -2.28. The lowest BCUT2D eigenvalue weighted by Crippen LogP contribution is -2.13. The maximum atomic E-state index is 12.6. The summed E-state index contributed by atoms with van der Waals surface area (Å²) in [7, 11) is 0. The second kappa shape index (κ2) is 9.88. The third-order valence-corrected chi connectivity index (χ3v) is 6.17. The summed E-state index contributed by atoms with van der Waals surface area (Å²) in [6.45, 7) is 4.49. The third kappa shape index (κ3) is 5.54. The summed E-state index contributed by atoms with van der Waals surface area (Å²) < 4.78 is 0. The SMILES string of the molecule is CCCc1ccc(CC(=O)c2ccc([C@H]3CC[C@H](CCC)CC3)cc2)cc1. The Balaban J connectivity index is 1.56. The van der Waals surface area contributed by atoms with Crippen molar-refractivity contribution in [3.63, 3.8) is 0 Å². The first-order chi connectivity index (χ1) is 13.2. The van der Waals surface area contributed by atoms with Gasteiger partial charge < -0.3 is 0 Å². The minimum Gasteiger partial charge on any atom is -0.294 e. The molecule has 1 aliphatic rings. The quantitative estimate of drug-likeness (QED) is 0.456. The number of carbonyl (C=O) groups excluding carboxylic acids is 1. The molecule has 1 saturated carbocycles. The van der Waals surface area contributed by atoms with Crippen molar-refractivity contribution in [3.05, 3.63) is 70.8 Å². The van der Waals surface area contributed by atoms with Gasteiger partial charge in [0.15, 0.2) is 5.78 Å². The molecule has 1 aliphatic carbocycles. The van der Waals surface area contributed by atoms with Crippen molar-refractivity contribution in [2.24, 2.45) is 5.92 Å². The van der Waals surface area contributed by atoms with Crippen LogP contribution in [0.3, 0.4) is 0 Å². The first kappa shape index (κ1) is 19.9. The van der Waals surface area contributed by atoms with Crippen molar-refractivity contribution in [3.8, 4) is 0 Å². The van der Waals surface area contributed by atoms with Gasteiger partial charge in [0.1, 0.15) is 0 Å². The smallest absolute Gasteiger partial charge is 0.167 e. The molecule has 0 saturated heterocycles. The predicted octanol–water partition coefficient (Wildman–Crippen LogP) is 7.14. The number of rotatable bonds is 8. The van der Waals surface area contributed by atoms with Gasteiger partial charge in [0.2, 0.25) is 0 Å². The summed E-state index contributed by atoms with van der Waals surface area (Å²) in [5.74, 6) is 1.85. The highest BCUT2D eigenvalue weighted by molar-refractivity contribution is 5.97. The molecule has 0 N–H and O–H groups in total. The molecule has 2 aromatic carbocycles. The maximum Gasteiger partial charge on any atom is 0.167 e. The topological polar surface area (TPSA) is 17.1 Å². The Labute approximate surface area is 165 Å². The highest BCUT2D eigenvalue weighted by atomic mass is 16.1. The van der Waals surface area contributed by atoms with Crippen LogP contribution in [0.4, 0.5) is 0 Å². The summed E-state index contributed by atoms with van der Waals surface area (Å²) >= 11 is 0. The molecule has 144 valence electrons. The first-order valence-corrected chi connectivity index (χ1v) is 10.9. The largest absolute Gasteiger partial charge is 0.294 e. The van der Waals surface area contributed by atoms with E-state index in [2.05, 4.69) is 50.2 Å². The van der Waals surface area contributed by atoms with Gasteiger partial charge in [0.25, 0.3) is 0 Å². The lowest BCUT2D eigenvalue weighted by atomic mass is 9.77. The van der Waals surface area contributed by atoms with Crippen LogP contribution in [0.5, 0.6) is 0 Å². The molecule has 1 heteroatoms. The average Bonchev–Trinajstić information content (AvgIpc) is 2.71. The van der Waals surface area contributed by atoms with Crippen molar-refractivity contribution < 1.29 is 4.79 Å². The van der Waals surface area contributed by atoms with Crippen molar-refractivity contribution in [1.82, 2.24) is 0 Å². The second-order valence-electron chi connectivity index (χ2n) is 8.29. The molecule has 0 aliphatic heterocycles. The van der Waals surface area contributed by atoms with Crippen molar-refractivity contribution in [2.45, 2.75) is 77.6 Å². The van der Waals surface area contributed by atoms with Gasteiger partial charge in [-0.15, -0.1) is 0 Å². The fourth-order valence-corrected chi connectivity index (χ4v) is 4.53. The Morgan fingerprint density at radius 1 is 0.815 bits per heavy atom. The number of carbonyl (C=O) groups is 1. The molecular formula is C26H34O. The van der Waals surface area contributed by atoms with E-state index in [-0.39, 0.29) is 5.78 Å². The summed E-state index contributed by atoms with van der Waals surface area (Å²) in [5.41, 5.74) is 4.73.